The number of anilines is 1. The number of hydrogen-bond donors (Lipinski definition) is 2. The Hall–Kier alpha value is -2.84. The van der Waals surface area contributed by atoms with Crippen LogP contribution in [0.2, 0.25) is 0 Å². The largest absolute Gasteiger partial charge is 0.328 e. The monoisotopic (exact) mass is 380 g/mol. The summed E-state index contributed by atoms with van der Waals surface area (Å²) in [6.45, 7) is 1.77. The van der Waals surface area contributed by atoms with Crippen LogP contribution in [0.3, 0.4) is 0 Å². The van der Waals surface area contributed by atoms with Crippen molar-refractivity contribution in [3.63, 3.8) is 0 Å². The van der Waals surface area contributed by atoms with Crippen LogP contribution in [0.4, 0.5) is 18.9 Å². The summed E-state index contributed by atoms with van der Waals surface area (Å²) in [6, 6.07) is 3.31. The maximum atomic E-state index is 13.7. The molecule has 1 heterocycles. The molecule has 0 saturated heterocycles. The maximum absolute atomic E-state index is 13.7. The number of nitrogens with zero attached hydrogens (tertiary/aromatic N) is 2. The number of halogens is 3. The van der Waals surface area contributed by atoms with Crippen molar-refractivity contribution in [2.24, 2.45) is 0 Å². The third kappa shape index (κ3) is 4.29. The summed E-state index contributed by atoms with van der Waals surface area (Å²) in [5.74, 6) is -5.26. The van der Waals surface area contributed by atoms with E-state index in [2.05, 4.69) is 15.5 Å². The number of hydrogen-bond acceptors (Lipinski definition) is 3. The van der Waals surface area contributed by atoms with Gasteiger partial charge >= 0.3 is 0 Å². The molecule has 0 atom stereocenters. The lowest BCUT2D eigenvalue weighted by Gasteiger charge is -2.20. The molecule has 6 nitrogen and oxygen atoms in total. The van der Waals surface area contributed by atoms with Gasteiger partial charge in [-0.25, -0.2) is 13.2 Å². The first-order valence-corrected chi connectivity index (χ1v) is 8.68. The highest BCUT2D eigenvalue weighted by Crippen LogP contribution is 2.39. The van der Waals surface area contributed by atoms with Crippen molar-refractivity contribution in [2.75, 3.05) is 18.4 Å². The van der Waals surface area contributed by atoms with Gasteiger partial charge in [-0.05, 0) is 37.5 Å². The summed E-state index contributed by atoms with van der Waals surface area (Å²) in [5.41, 5.74) is 0.610. The van der Waals surface area contributed by atoms with Crippen molar-refractivity contribution in [3.05, 3.63) is 47.0 Å². The Kier molecular flexibility index (Phi) is 5.48. The Morgan fingerprint density at radius 3 is 2.67 bits per heavy atom. The molecule has 144 valence electrons. The van der Waals surface area contributed by atoms with Gasteiger partial charge in [-0.3, -0.25) is 14.7 Å². The summed E-state index contributed by atoms with van der Waals surface area (Å²) in [4.78, 5) is 26.1. The Bertz CT molecular complexity index is 864. The molecule has 1 aliphatic rings. The third-order valence-electron chi connectivity index (χ3n) is 4.26. The van der Waals surface area contributed by atoms with Gasteiger partial charge in [0.1, 0.15) is 12.2 Å². The number of aromatic amines is 1. The molecule has 1 aliphatic carbocycles. The molecule has 9 heteroatoms. The van der Waals surface area contributed by atoms with Gasteiger partial charge in [-0.2, -0.15) is 5.10 Å². The Labute approximate surface area is 153 Å². The SMILES string of the molecule is CCCN(CC(=O)Nc1ccc(F)c(F)c1F)C(=O)c1cc(C2CC2)[nH]n1. The van der Waals surface area contributed by atoms with E-state index in [-0.39, 0.29) is 18.8 Å². The minimum absolute atomic E-state index is 0.206. The average molecular weight is 380 g/mol. The molecule has 2 N–H and O–H groups in total. The second-order valence-electron chi connectivity index (χ2n) is 6.48. The number of rotatable bonds is 7. The van der Waals surface area contributed by atoms with Crippen LogP contribution < -0.4 is 5.32 Å². The van der Waals surface area contributed by atoms with E-state index in [0.717, 1.165) is 24.6 Å². The zero-order valence-corrected chi connectivity index (χ0v) is 14.7. The Morgan fingerprint density at radius 1 is 1.26 bits per heavy atom. The number of H-pyrrole nitrogens is 1. The van der Waals surface area contributed by atoms with Gasteiger partial charge in [-0.1, -0.05) is 6.92 Å². The molecule has 2 aromatic rings. The molecule has 0 radical (unpaired) electrons. The van der Waals surface area contributed by atoms with E-state index >= 15 is 0 Å². The molecule has 1 fully saturated rings. The topological polar surface area (TPSA) is 78.1 Å². The lowest BCUT2D eigenvalue weighted by molar-refractivity contribution is -0.116. The number of amides is 2. The van der Waals surface area contributed by atoms with Crippen LogP contribution in [0.1, 0.15) is 48.3 Å². The molecule has 0 unspecified atom stereocenters. The van der Waals surface area contributed by atoms with Gasteiger partial charge in [0, 0.05) is 18.2 Å². The molecule has 0 aliphatic heterocycles. The highest BCUT2D eigenvalue weighted by Gasteiger charge is 2.28. The fraction of sp³-hybridized carbons (Fsp3) is 0.389. The van der Waals surface area contributed by atoms with Crippen LogP contribution in [0, 0.1) is 17.5 Å². The van der Waals surface area contributed by atoms with E-state index in [1.165, 1.54) is 4.90 Å². The minimum atomic E-state index is -1.67. The lowest BCUT2D eigenvalue weighted by atomic mass is 10.2. The van der Waals surface area contributed by atoms with Crippen LogP contribution >= 0.6 is 0 Å². The third-order valence-corrected chi connectivity index (χ3v) is 4.26. The Morgan fingerprint density at radius 2 is 2.00 bits per heavy atom. The first kappa shape index (κ1) is 18.9. The molecular weight excluding hydrogens is 361 g/mol. The van der Waals surface area contributed by atoms with Gasteiger partial charge in [0.05, 0.1) is 5.69 Å². The van der Waals surface area contributed by atoms with E-state index in [1.54, 1.807) is 6.07 Å². The van der Waals surface area contributed by atoms with Crippen molar-refractivity contribution in [2.45, 2.75) is 32.1 Å². The molecular formula is C18H19F3N4O2. The Balaban J connectivity index is 1.68. The van der Waals surface area contributed by atoms with E-state index in [9.17, 15) is 22.8 Å². The maximum Gasteiger partial charge on any atom is 0.274 e. The standard InChI is InChI=1S/C18H19F3N4O2/c1-2-7-25(18(27)14-8-13(23-24-14)10-3-4-10)9-15(26)22-12-6-5-11(19)16(20)17(12)21/h5-6,8,10H,2-4,7,9H2,1H3,(H,22,26)(H,23,24). The van der Waals surface area contributed by atoms with E-state index in [4.69, 9.17) is 0 Å². The van der Waals surface area contributed by atoms with Gasteiger partial charge in [-0.15, -0.1) is 0 Å². The molecule has 1 aromatic heterocycles. The predicted molar refractivity (Wildman–Crippen MR) is 91.7 cm³/mol. The number of benzene rings is 1. The zero-order valence-electron chi connectivity index (χ0n) is 14.7. The van der Waals surface area contributed by atoms with Crippen molar-refractivity contribution < 1.29 is 22.8 Å². The van der Waals surface area contributed by atoms with Crippen LogP contribution in [0.25, 0.3) is 0 Å². The predicted octanol–water partition coefficient (Wildman–Crippen LogP) is 3.20. The van der Waals surface area contributed by atoms with Crippen molar-refractivity contribution >= 4 is 17.5 Å². The minimum Gasteiger partial charge on any atom is -0.328 e. The van der Waals surface area contributed by atoms with Gasteiger partial charge in [0.2, 0.25) is 5.91 Å². The molecule has 3 rings (SSSR count). The van der Waals surface area contributed by atoms with Gasteiger partial charge in [0.25, 0.3) is 5.91 Å². The van der Waals surface area contributed by atoms with Crippen LogP contribution in [0.5, 0.6) is 0 Å². The average Bonchev–Trinajstić information content (AvgIpc) is 3.38. The van der Waals surface area contributed by atoms with Gasteiger partial charge in [0.15, 0.2) is 17.5 Å². The van der Waals surface area contributed by atoms with E-state index in [1.807, 2.05) is 6.92 Å². The van der Waals surface area contributed by atoms with Crippen molar-refractivity contribution in [1.82, 2.24) is 15.1 Å². The van der Waals surface area contributed by atoms with Gasteiger partial charge < -0.3 is 10.2 Å². The summed E-state index contributed by atoms with van der Waals surface area (Å²) in [7, 11) is 0. The van der Waals surface area contributed by atoms with E-state index < -0.39 is 35.0 Å². The zero-order chi connectivity index (χ0) is 19.6. The quantitative estimate of drug-likeness (QED) is 0.724. The van der Waals surface area contributed by atoms with Crippen molar-refractivity contribution in [3.8, 4) is 0 Å². The lowest BCUT2D eigenvalue weighted by Crippen LogP contribution is -2.38. The number of carbonyl (C=O) groups is 2. The molecule has 0 bridgehead atoms. The van der Waals surface area contributed by atoms with Crippen LogP contribution in [-0.4, -0.2) is 40.0 Å². The summed E-state index contributed by atoms with van der Waals surface area (Å²) in [5, 5.41) is 9.01. The van der Waals surface area contributed by atoms with Crippen LogP contribution in [0.15, 0.2) is 18.2 Å². The highest BCUT2D eigenvalue weighted by molar-refractivity contribution is 5.98. The van der Waals surface area contributed by atoms with Crippen molar-refractivity contribution in [1.29, 1.82) is 0 Å². The number of carbonyl (C=O) groups excluding carboxylic acids is 2. The molecule has 1 saturated carbocycles. The summed E-state index contributed by atoms with van der Waals surface area (Å²) >= 11 is 0. The second kappa shape index (κ2) is 7.81. The summed E-state index contributed by atoms with van der Waals surface area (Å²) in [6.07, 6.45) is 2.70. The fourth-order valence-corrected chi connectivity index (χ4v) is 2.72. The fourth-order valence-electron chi connectivity index (χ4n) is 2.72. The first-order valence-electron chi connectivity index (χ1n) is 8.68. The second-order valence-corrected chi connectivity index (χ2v) is 6.48. The molecule has 0 spiro atoms. The number of nitrogens with one attached hydrogen (secondary N) is 2. The molecule has 2 amide bonds. The smallest absolute Gasteiger partial charge is 0.274 e. The highest BCUT2D eigenvalue weighted by atomic mass is 19.2. The molecule has 27 heavy (non-hydrogen) atoms. The molecule has 1 aromatic carbocycles. The van der Waals surface area contributed by atoms with E-state index in [0.29, 0.717) is 18.4 Å². The summed E-state index contributed by atoms with van der Waals surface area (Å²) < 4.78 is 39.9. The first-order chi connectivity index (χ1) is 12.9. The van der Waals surface area contributed by atoms with Crippen LogP contribution in [-0.2, 0) is 4.79 Å². The number of aromatic nitrogens is 2. The normalized spacial score (nSPS) is 13.5.